The molecule has 0 aliphatic heterocycles. The van der Waals surface area contributed by atoms with E-state index in [2.05, 4.69) is 5.32 Å². The van der Waals surface area contributed by atoms with Crippen LogP contribution in [0.25, 0.3) is 0 Å². The number of rotatable bonds is 4. The van der Waals surface area contributed by atoms with Crippen LogP contribution in [0.5, 0.6) is 0 Å². The van der Waals surface area contributed by atoms with E-state index in [1.807, 2.05) is 0 Å². The zero-order valence-corrected chi connectivity index (χ0v) is 10.5. The van der Waals surface area contributed by atoms with E-state index in [4.69, 9.17) is 16.2 Å². The van der Waals surface area contributed by atoms with Crippen molar-refractivity contribution in [2.75, 3.05) is 25.1 Å². The van der Waals surface area contributed by atoms with E-state index >= 15 is 0 Å². The molecule has 5 heteroatoms. The lowest BCUT2D eigenvalue weighted by Gasteiger charge is -2.40. The Morgan fingerprint density at radius 3 is 2.67 bits per heavy atom. The van der Waals surface area contributed by atoms with Gasteiger partial charge in [0.05, 0.1) is 11.2 Å². The average molecular weight is 249 g/mol. The molecular weight excluding hydrogens is 230 g/mol. The van der Waals surface area contributed by atoms with Crippen LogP contribution in [0.4, 0.5) is 11.4 Å². The van der Waals surface area contributed by atoms with Gasteiger partial charge in [0.1, 0.15) is 0 Å². The number of benzene rings is 1. The number of amides is 1. The van der Waals surface area contributed by atoms with E-state index in [1.54, 1.807) is 25.3 Å². The SMILES string of the molecule is COC1(CNC(=O)c2ccc(N)cc2N)CCC1. The molecule has 5 nitrogen and oxygen atoms in total. The number of nitrogens with two attached hydrogens (primary N) is 2. The summed E-state index contributed by atoms with van der Waals surface area (Å²) in [6.45, 7) is 0.520. The Bertz CT molecular complexity index is 450. The molecule has 1 aliphatic carbocycles. The Kier molecular flexibility index (Phi) is 3.43. The summed E-state index contributed by atoms with van der Waals surface area (Å²) in [5, 5.41) is 2.87. The molecule has 0 bridgehead atoms. The lowest BCUT2D eigenvalue weighted by Crippen LogP contribution is -2.49. The number of anilines is 2. The zero-order valence-electron chi connectivity index (χ0n) is 10.5. The highest BCUT2D eigenvalue weighted by Gasteiger charge is 2.37. The molecule has 0 saturated heterocycles. The van der Waals surface area contributed by atoms with E-state index in [1.165, 1.54) is 0 Å². The summed E-state index contributed by atoms with van der Waals surface area (Å²) in [6, 6.07) is 4.89. The van der Waals surface area contributed by atoms with Gasteiger partial charge in [0, 0.05) is 25.0 Å². The van der Waals surface area contributed by atoms with Gasteiger partial charge in [-0.25, -0.2) is 0 Å². The molecule has 1 aromatic carbocycles. The predicted octanol–water partition coefficient (Wildman–Crippen LogP) is 1.15. The highest BCUT2D eigenvalue weighted by Crippen LogP contribution is 2.34. The molecule has 1 aliphatic rings. The van der Waals surface area contributed by atoms with E-state index in [0.29, 0.717) is 23.5 Å². The largest absolute Gasteiger partial charge is 0.399 e. The predicted molar refractivity (Wildman–Crippen MR) is 71.2 cm³/mol. The van der Waals surface area contributed by atoms with Gasteiger partial charge < -0.3 is 21.5 Å². The summed E-state index contributed by atoms with van der Waals surface area (Å²) in [5.41, 5.74) is 12.6. The Balaban J connectivity index is 1.99. The Labute approximate surface area is 106 Å². The molecule has 0 heterocycles. The third kappa shape index (κ3) is 2.41. The van der Waals surface area contributed by atoms with Gasteiger partial charge in [-0.05, 0) is 37.5 Å². The molecule has 98 valence electrons. The Morgan fingerprint density at radius 1 is 1.44 bits per heavy atom. The second kappa shape index (κ2) is 4.86. The number of nitrogen functional groups attached to an aromatic ring is 2. The first kappa shape index (κ1) is 12.7. The van der Waals surface area contributed by atoms with Crippen LogP contribution in [-0.2, 0) is 4.74 Å². The quantitative estimate of drug-likeness (QED) is 0.698. The van der Waals surface area contributed by atoms with Crippen molar-refractivity contribution in [2.45, 2.75) is 24.9 Å². The van der Waals surface area contributed by atoms with Gasteiger partial charge in [0.2, 0.25) is 0 Å². The first-order valence-electron chi connectivity index (χ1n) is 6.05. The van der Waals surface area contributed by atoms with Crippen molar-refractivity contribution in [1.82, 2.24) is 5.32 Å². The van der Waals surface area contributed by atoms with Crippen LogP contribution in [0.2, 0.25) is 0 Å². The number of carbonyl (C=O) groups excluding carboxylic acids is 1. The molecule has 0 unspecified atom stereocenters. The number of hydrogen-bond acceptors (Lipinski definition) is 4. The number of ether oxygens (including phenoxy) is 1. The molecule has 0 spiro atoms. The normalized spacial score (nSPS) is 16.9. The van der Waals surface area contributed by atoms with E-state index in [0.717, 1.165) is 19.3 Å². The molecule has 0 atom stereocenters. The molecule has 5 N–H and O–H groups in total. The van der Waals surface area contributed by atoms with Gasteiger partial charge in [0.25, 0.3) is 5.91 Å². The monoisotopic (exact) mass is 249 g/mol. The Morgan fingerprint density at radius 2 is 2.17 bits per heavy atom. The fourth-order valence-corrected chi connectivity index (χ4v) is 2.15. The first-order chi connectivity index (χ1) is 8.56. The fraction of sp³-hybridized carbons (Fsp3) is 0.462. The Hall–Kier alpha value is -1.75. The third-order valence-corrected chi connectivity index (χ3v) is 3.59. The van der Waals surface area contributed by atoms with E-state index < -0.39 is 0 Å². The average Bonchev–Trinajstić information content (AvgIpc) is 2.27. The summed E-state index contributed by atoms with van der Waals surface area (Å²) < 4.78 is 5.44. The second-order valence-corrected chi connectivity index (χ2v) is 4.77. The highest BCUT2D eigenvalue weighted by atomic mass is 16.5. The van der Waals surface area contributed by atoms with Gasteiger partial charge in [0.15, 0.2) is 0 Å². The van der Waals surface area contributed by atoms with Crippen molar-refractivity contribution >= 4 is 17.3 Å². The molecule has 18 heavy (non-hydrogen) atoms. The standard InChI is InChI=1S/C13H19N3O2/c1-18-13(5-2-6-13)8-16-12(17)10-4-3-9(14)7-11(10)15/h3-4,7H,2,5-6,8,14-15H2,1H3,(H,16,17). The third-order valence-electron chi connectivity index (χ3n) is 3.59. The molecule has 1 aromatic rings. The fourth-order valence-electron chi connectivity index (χ4n) is 2.15. The van der Waals surface area contributed by atoms with Crippen LogP contribution in [0.1, 0.15) is 29.6 Å². The molecule has 2 rings (SSSR count). The second-order valence-electron chi connectivity index (χ2n) is 4.77. The van der Waals surface area contributed by atoms with Crippen LogP contribution in [0.15, 0.2) is 18.2 Å². The van der Waals surface area contributed by atoms with E-state index in [-0.39, 0.29) is 11.5 Å². The minimum atomic E-state index is -0.184. The molecule has 0 radical (unpaired) electrons. The lowest BCUT2D eigenvalue weighted by molar-refractivity contribution is -0.0679. The summed E-state index contributed by atoms with van der Waals surface area (Å²) in [7, 11) is 1.68. The number of nitrogens with one attached hydrogen (secondary N) is 1. The minimum Gasteiger partial charge on any atom is -0.399 e. The maximum absolute atomic E-state index is 12.0. The number of hydrogen-bond donors (Lipinski definition) is 3. The van der Waals surface area contributed by atoms with Gasteiger partial charge in [-0.15, -0.1) is 0 Å². The van der Waals surface area contributed by atoms with Gasteiger partial charge in [-0.2, -0.15) is 0 Å². The lowest BCUT2D eigenvalue weighted by atomic mass is 9.80. The summed E-state index contributed by atoms with van der Waals surface area (Å²) >= 11 is 0. The maximum Gasteiger partial charge on any atom is 0.253 e. The van der Waals surface area contributed by atoms with Crippen molar-refractivity contribution in [3.8, 4) is 0 Å². The summed E-state index contributed by atoms with van der Waals surface area (Å²) in [4.78, 5) is 12.0. The summed E-state index contributed by atoms with van der Waals surface area (Å²) in [5.74, 6) is -0.184. The van der Waals surface area contributed by atoms with Crippen LogP contribution in [-0.4, -0.2) is 25.2 Å². The molecule has 1 saturated carbocycles. The van der Waals surface area contributed by atoms with Gasteiger partial charge in [-0.3, -0.25) is 4.79 Å². The van der Waals surface area contributed by atoms with Crippen LogP contribution in [0, 0.1) is 0 Å². The van der Waals surface area contributed by atoms with Crippen LogP contribution < -0.4 is 16.8 Å². The van der Waals surface area contributed by atoms with Crippen molar-refractivity contribution in [3.63, 3.8) is 0 Å². The molecule has 1 amide bonds. The molecule has 1 fully saturated rings. The first-order valence-corrected chi connectivity index (χ1v) is 6.05. The van der Waals surface area contributed by atoms with Crippen molar-refractivity contribution in [2.24, 2.45) is 0 Å². The number of carbonyl (C=O) groups is 1. The minimum absolute atomic E-state index is 0.182. The topological polar surface area (TPSA) is 90.4 Å². The van der Waals surface area contributed by atoms with Crippen molar-refractivity contribution in [3.05, 3.63) is 23.8 Å². The zero-order chi connectivity index (χ0) is 13.2. The van der Waals surface area contributed by atoms with E-state index in [9.17, 15) is 4.79 Å². The van der Waals surface area contributed by atoms with Crippen molar-refractivity contribution in [1.29, 1.82) is 0 Å². The van der Waals surface area contributed by atoms with Gasteiger partial charge in [-0.1, -0.05) is 0 Å². The molecular formula is C13H19N3O2. The number of methoxy groups -OCH3 is 1. The summed E-state index contributed by atoms with van der Waals surface area (Å²) in [6.07, 6.45) is 3.12. The maximum atomic E-state index is 12.0. The van der Waals surface area contributed by atoms with Crippen LogP contribution in [0.3, 0.4) is 0 Å². The van der Waals surface area contributed by atoms with Crippen molar-refractivity contribution < 1.29 is 9.53 Å². The highest BCUT2D eigenvalue weighted by molar-refractivity contribution is 5.99. The van der Waals surface area contributed by atoms with Crippen LogP contribution >= 0.6 is 0 Å². The van der Waals surface area contributed by atoms with Gasteiger partial charge >= 0.3 is 0 Å². The molecule has 0 aromatic heterocycles. The smallest absolute Gasteiger partial charge is 0.253 e.